The van der Waals surface area contributed by atoms with Crippen molar-refractivity contribution in [2.45, 2.75) is 58.5 Å². The van der Waals surface area contributed by atoms with Crippen molar-refractivity contribution in [2.24, 2.45) is 11.8 Å². The highest BCUT2D eigenvalue weighted by Gasteiger charge is 2.35. The number of esters is 2. The summed E-state index contributed by atoms with van der Waals surface area (Å²) in [5.74, 6) is -4.62. The van der Waals surface area contributed by atoms with Gasteiger partial charge in [0.05, 0.1) is 5.92 Å². The van der Waals surface area contributed by atoms with Gasteiger partial charge in [0, 0.05) is 6.42 Å². The first kappa shape index (κ1) is 29.5. The summed E-state index contributed by atoms with van der Waals surface area (Å²) in [6, 6.07) is 16.8. The lowest BCUT2D eigenvalue weighted by molar-refractivity contribution is -0.152. The smallest absolute Gasteiger partial charge is 0.328 e. The van der Waals surface area contributed by atoms with E-state index in [1.807, 2.05) is 24.3 Å². The molecule has 200 valence electrons. The molecule has 0 heterocycles. The van der Waals surface area contributed by atoms with Crippen LogP contribution in [0.15, 0.2) is 60.7 Å². The van der Waals surface area contributed by atoms with Gasteiger partial charge in [-0.05, 0) is 29.9 Å². The van der Waals surface area contributed by atoms with Gasteiger partial charge in [-0.3, -0.25) is 19.6 Å². The van der Waals surface area contributed by atoms with Crippen molar-refractivity contribution in [1.82, 2.24) is 10.8 Å². The number of nitrogens with one attached hydrogen (secondary N) is 2. The molecule has 4 N–H and O–H groups in total. The van der Waals surface area contributed by atoms with E-state index in [4.69, 9.17) is 14.7 Å². The molecule has 0 aromatic heterocycles. The molecule has 2 aromatic rings. The van der Waals surface area contributed by atoms with Gasteiger partial charge in [-0.2, -0.15) is 0 Å². The molecular weight excluding hydrogens is 480 g/mol. The van der Waals surface area contributed by atoms with E-state index in [-0.39, 0.29) is 38.4 Å². The Hall–Kier alpha value is -3.76. The van der Waals surface area contributed by atoms with Crippen molar-refractivity contribution in [2.75, 3.05) is 0 Å². The molecule has 2 aromatic carbocycles. The topological polar surface area (TPSA) is 151 Å². The van der Waals surface area contributed by atoms with Gasteiger partial charge >= 0.3 is 11.9 Å². The number of aliphatic hydroxyl groups excluding tert-OH is 1. The summed E-state index contributed by atoms with van der Waals surface area (Å²) >= 11 is 0. The lowest BCUT2D eigenvalue weighted by Gasteiger charge is -2.25. The first-order valence-corrected chi connectivity index (χ1v) is 12.0. The van der Waals surface area contributed by atoms with Crippen LogP contribution >= 0.6 is 0 Å². The fourth-order valence-corrected chi connectivity index (χ4v) is 3.57. The molecule has 0 radical (unpaired) electrons. The highest BCUT2D eigenvalue weighted by Crippen LogP contribution is 2.18. The Morgan fingerprint density at radius 2 is 1.38 bits per heavy atom. The zero-order chi connectivity index (χ0) is 27.2. The van der Waals surface area contributed by atoms with E-state index in [0.717, 1.165) is 11.1 Å². The van der Waals surface area contributed by atoms with Crippen molar-refractivity contribution in [3.63, 3.8) is 0 Å². The lowest BCUT2D eigenvalue weighted by Crippen LogP contribution is -2.50. The monoisotopic (exact) mass is 514 g/mol. The first-order chi connectivity index (χ1) is 17.7. The molecule has 0 aliphatic rings. The molecule has 0 aliphatic heterocycles. The van der Waals surface area contributed by atoms with E-state index in [9.17, 15) is 24.3 Å². The highest BCUT2D eigenvalue weighted by atomic mass is 16.5. The van der Waals surface area contributed by atoms with Crippen LogP contribution in [0.4, 0.5) is 0 Å². The molecule has 2 amide bonds. The summed E-state index contributed by atoms with van der Waals surface area (Å²) in [6.07, 6.45) is -2.05. The van der Waals surface area contributed by atoms with Crippen LogP contribution in [-0.4, -0.2) is 46.2 Å². The predicted octanol–water partition coefficient (Wildman–Crippen LogP) is 2.27. The third-order valence-corrected chi connectivity index (χ3v) is 5.53. The second-order valence-electron chi connectivity index (χ2n) is 9.00. The number of hydrogen-bond acceptors (Lipinski definition) is 8. The number of benzene rings is 2. The zero-order valence-corrected chi connectivity index (χ0v) is 21.0. The molecule has 0 aliphatic carbocycles. The molecule has 0 spiro atoms. The number of amides is 2. The van der Waals surface area contributed by atoms with Crippen LogP contribution in [0.25, 0.3) is 0 Å². The van der Waals surface area contributed by atoms with Crippen LogP contribution in [-0.2, 0) is 41.9 Å². The molecule has 0 fully saturated rings. The van der Waals surface area contributed by atoms with Crippen molar-refractivity contribution in [3.8, 4) is 0 Å². The minimum absolute atomic E-state index is 0.0462. The summed E-state index contributed by atoms with van der Waals surface area (Å²) in [5, 5.41) is 21.7. The maximum Gasteiger partial charge on any atom is 0.328 e. The summed E-state index contributed by atoms with van der Waals surface area (Å²) in [5.41, 5.74) is 2.87. The van der Waals surface area contributed by atoms with Gasteiger partial charge < -0.3 is 19.9 Å². The third-order valence-electron chi connectivity index (χ3n) is 5.53. The fourth-order valence-electron chi connectivity index (χ4n) is 3.57. The molecule has 10 heteroatoms. The molecule has 3 atom stereocenters. The summed E-state index contributed by atoms with van der Waals surface area (Å²) in [6.45, 7) is 3.60. The van der Waals surface area contributed by atoms with Crippen LogP contribution in [0.5, 0.6) is 0 Å². The van der Waals surface area contributed by atoms with Gasteiger partial charge in [-0.25, -0.2) is 10.3 Å². The summed E-state index contributed by atoms with van der Waals surface area (Å²) in [4.78, 5) is 50.0. The second kappa shape index (κ2) is 15.4. The zero-order valence-electron chi connectivity index (χ0n) is 21.0. The molecule has 10 nitrogen and oxygen atoms in total. The number of ether oxygens (including phenoxy) is 2. The van der Waals surface area contributed by atoms with Crippen LogP contribution in [0, 0.1) is 11.8 Å². The minimum Gasteiger partial charge on any atom is -0.461 e. The lowest BCUT2D eigenvalue weighted by atomic mass is 9.90. The Balaban J connectivity index is 2.08. The molecule has 0 bridgehead atoms. The normalized spacial score (nSPS) is 13.2. The number of aliphatic hydroxyl groups is 1. The molecule has 0 unspecified atom stereocenters. The molecule has 0 saturated heterocycles. The number of carbonyl (C=O) groups excluding carboxylic acids is 4. The van der Waals surface area contributed by atoms with Gasteiger partial charge in [0.15, 0.2) is 0 Å². The summed E-state index contributed by atoms with van der Waals surface area (Å²) in [7, 11) is 0. The number of carbonyl (C=O) groups is 4. The standard InChI is InChI=1S/C27H34N2O8/c1-18(2)15-21(24(31)26(33)29-35)25(32)28-22(27(34)37-17-20-11-7-4-8-12-20)13-14-23(30)36-16-19-9-5-3-6-10-19/h3-12,18,21-22,24,31,35H,13-17H2,1-2H3,(H,28,32)(H,29,33)/t21-,22+,24+/m1/s1. The second-order valence-corrected chi connectivity index (χ2v) is 9.00. The quantitative estimate of drug-likeness (QED) is 0.170. The maximum atomic E-state index is 13.0. The van der Waals surface area contributed by atoms with Crippen molar-refractivity contribution in [3.05, 3.63) is 71.8 Å². The average Bonchev–Trinajstić information content (AvgIpc) is 2.91. The number of hydroxylamine groups is 1. The Labute approximate surface area is 215 Å². The van der Waals surface area contributed by atoms with Gasteiger partial charge in [0.2, 0.25) is 5.91 Å². The van der Waals surface area contributed by atoms with E-state index in [1.54, 1.807) is 50.2 Å². The Kier molecular flexibility index (Phi) is 12.2. The van der Waals surface area contributed by atoms with Crippen LogP contribution in [0.2, 0.25) is 0 Å². The van der Waals surface area contributed by atoms with Gasteiger partial charge in [-0.15, -0.1) is 0 Å². The van der Waals surface area contributed by atoms with Crippen molar-refractivity contribution >= 4 is 23.8 Å². The maximum absolute atomic E-state index is 13.0. The van der Waals surface area contributed by atoms with E-state index >= 15 is 0 Å². The molecule has 2 rings (SSSR count). The molecular formula is C27H34N2O8. The van der Waals surface area contributed by atoms with Gasteiger partial charge in [0.1, 0.15) is 25.4 Å². The van der Waals surface area contributed by atoms with Gasteiger partial charge in [0.25, 0.3) is 5.91 Å². The predicted molar refractivity (Wildman–Crippen MR) is 133 cm³/mol. The minimum atomic E-state index is -1.84. The Morgan fingerprint density at radius 1 is 0.838 bits per heavy atom. The number of hydrogen-bond donors (Lipinski definition) is 4. The first-order valence-electron chi connectivity index (χ1n) is 12.0. The van der Waals surface area contributed by atoms with E-state index < -0.39 is 41.8 Å². The van der Waals surface area contributed by atoms with Gasteiger partial charge in [-0.1, -0.05) is 74.5 Å². The van der Waals surface area contributed by atoms with Crippen molar-refractivity contribution < 1.29 is 39.0 Å². The van der Waals surface area contributed by atoms with E-state index in [0.29, 0.717) is 0 Å². The van der Waals surface area contributed by atoms with E-state index in [1.165, 1.54) is 5.48 Å². The summed E-state index contributed by atoms with van der Waals surface area (Å²) < 4.78 is 10.6. The SMILES string of the molecule is CC(C)C[C@@H](C(=O)N[C@@H](CCC(=O)OCc1ccccc1)C(=O)OCc1ccccc1)[C@H](O)C(=O)NO. The molecule has 0 saturated carbocycles. The average molecular weight is 515 g/mol. The third kappa shape index (κ3) is 10.4. The van der Waals surface area contributed by atoms with E-state index in [2.05, 4.69) is 5.32 Å². The highest BCUT2D eigenvalue weighted by molar-refractivity contribution is 5.91. The van der Waals surface area contributed by atoms with Crippen molar-refractivity contribution in [1.29, 1.82) is 0 Å². The number of rotatable bonds is 14. The van der Waals surface area contributed by atoms with Crippen LogP contribution < -0.4 is 10.8 Å². The largest absolute Gasteiger partial charge is 0.461 e. The Morgan fingerprint density at radius 3 is 1.89 bits per heavy atom. The Bertz CT molecular complexity index is 1010. The fraction of sp³-hybridized carbons (Fsp3) is 0.407. The molecule has 37 heavy (non-hydrogen) atoms. The van der Waals surface area contributed by atoms with Crippen LogP contribution in [0.1, 0.15) is 44.2 Å². The van der Waals surface area contributed by atoms with Crippen LogP contribution in [0.3, 0.4) is 0 Å².